The highest BCUT2D eigenvalue weighted by Gasteiger charge is 2.28. The molecule has 0 aliphatic carbocycles. The fourth-order valence-corrected chi connectivity index (χ4v) is 3.05. The van der Waals surface area contributed by atoms with Crippen LogP contribution in [0, 0.1) is 5.82 Å². The lowest BCUT2D eigenvalue weighted by atomic mass is 9.98. The summed E-state index contributed by atoms with van der Waals surface area (Å²) in [6.45, 7) is 0.974. The molecule has 1 unspecified atom stereocenters. The number of hydrogen-bond donors (Lipinski definition) is 0. The van der Waals surface area contributed by atoms with E-state index in [1.54, 1.807) is 18.1 Å². The Labute approximate surface area is 135 Å². The highest BCUT2D eigenvalue weighted by molar-refractivity contribution is 5.81. The molecule has 2 aromatic carbocycles. The van der Waals surface area contributed by atoms with Crippen LogP contribution in [0.5, 0.6) is 0 Å². The molecule has 120 valence electrons. The monoisotopic (exact) mass is 313 g/mol. The van der Waals surface area contributed by atoms with Gasteiger partial charge in [-0.05, 0) is 29.2 Å². The Morgan fingerprint density at radius 1 is 1.22 bits per heavy atom. The molecule has 1 aliphatic rings. The van der Waals surface area contributed by atoms with E-state index in [4.69, 9.17) is 4.74 Å². The van der Waals surface area contributed by atoms with E-state index < -0.39 is 6.10 Å². The number of benzene rings is 2. The van der Waals surface area contributed by atoms with E-state index in [0.29, 0.717) is 25.9 Å². The van der Waals surface area contributed by atoms with E-state index in [9.17, 15) is 9.18 Å². The fraction of sp³-hybridized carbons (Fsp3) is 0.316. The Bertz CT molecular complexity index is 687. The van der Waals surface area contributed by atoms with Gasteiger partial charge in [0.2, 0.25) is 0 Å². The van der Waals surface area contributed by atoms with Gasteiger partial charge >= 0.3 is 0 Å². The average Bonchev–Trinajstić information content (AvgIpc) is 2.60. The van der Waals surface area contributed by atoms with Crippen molar-refractivity contribution in [2.75, 3.05) is 13.7 Å². The number of carbonyl (C=O) groups excluding carboxylic acids is 1. The van der Waals surface area contributed by atoms with Gasteiger partial charge in [-0.25, -0.2) is 4.39 Å². The summed E-state index contributed by atoms with van der Waals surface area (Å²) < 4.78 is 19.2. The molecule has 0 radical (unpaired) electrons. The molecule has 1 heterocycles. The molecule has 3 rings (SSSR count). The van der Waals surface area contributed by atoms with Gasteiger partial charge in [0.1, 0.15) is 11.9 Å². The molecule has 0 spiro atoms. The number of ether oxygens (including phenoxy) is 1. The lowest BCUT2D eigenvalue weighted by molar-refractivity contribution is -0.142. The second kappa shape index (κ2) is 6.92. The number of rotatable bonds is 4. The van der Waals surface area contributed by atoms with Crippen LogP contribution >= 0.6 is 0 Å². The first-order chi connectivity index (χ1) is 11.2. The number of hydrogen-bond acceptors (Lipinski definition) is 2. The van der Waals surface area contributed by atoms with Crippen molar-refractivity contribution in [2.24, 2.45) is 0 Å². The van der Waals surface area contributed by atoms with E-state index in [1.165, 1.54) is 6.07 Å². The fourth-order valence-electron chi connectivity index (χ4n) is 3.05. The van der Waals surface area contributed by atoms with Gasteiger partial charge in [-0.1, -0.05) is 42.5 Å². The zero-order valence-electron chi connectivity index (χ0n) is 13.2. The van der Waals surface area contributed by atoms with E-state index in [1.807, 2.05) is 36.4 Å². The minimum atomic E-state index is -0.507. The summed E-state index contributed by atoms with van der Waals surface area (Å²) >= 11 is 0. The molecule has 0 aromatic heterocycles. The van der Waals surface area contributed by atoms with Gasteiger partial charge in [-0.2, -0.15) is 0 Å². The van der Waals surface area contributed by atoms with Crippen molar-refractivity contribution in [3.63, 3.8) is 0 Å². The first kappa shape index (κ1) is 15.7. The summed E-state index contributed by atoms with van der Waals surface area (Å²) in [5, 5.41) is 0. The molecule has 3 nitrogen and oxygen atoms in total. The number of carbonyl (C=O) groups is 1. The van der Waals surface area contributed by atoms with E-state index in [2.05, 4.69) is 0 Å². The maximum Gasteiger partial charge on any atom is 0.252 e. The van der Waals surface area contributed by atoms with Crippen LogP contribution in [0.1, 0.15) is 16.7 Å². The SMILES string of the molecule is COC(Cc1ccccc1)C(=O)N1CCc2c(F)cccc2C1. The molecule has 0 fully saturated rings. The van der Waals surface area contributed by atoms with E-state index in [0.717, 1.165) is 16.7 Å². The third-order valence-corrected chi connectivity index (χ3v) is 4.34. The normalized spacial score (nSPS) is 15.1. The first-order valence-electron chi connectivity index (χ1n) is 7.81. The van der Waals surface area contributed by atoms with Gasteiger partial charge in [-0.15, -0.1) is 0 Å². The Morgan fingerprint density at radius 2 is 2.00 bits per heavy atom. The van der Waals surface area contributed by atoms with Crippen molar-refractivity contribution in [3.8, 4) is 0 Å². The van der Waals surface area contributed by atoms with Crippen LogP contribution in [0.25, 0.3) is 0 Å². The van der Waals surface area contributed by atoms with Crippen molar-refractivity contribution in [1.82, 2.24) is 4.90 Å². The standard InChI is InChI=1S/C19H20FNO2/c1-23-18(12-14-6-3-2-4-7-14)19(22)21-11-10-16-15(13-21)8-5-9-17(16)20/h2-9,18H,10-13H2,1H3. The highest BCUT2D eigenvalue weighted by atomic mass is 19.1. The van der Waals surface area contributed by atoms with Crippen LogP contribution in [0.3, 0.4) is 0 Å². The summed E-state index contributed by atoms with van der Waals surface area (Å²) in [4.78, 5) is 14.5. The minimum absolute atomic E-state index is 0.0359. The van der Waals surface area contributed by atoms with E-state index in [-0.39, 0.29) is 11.7 Å². The van der Waals surface area contributed by atoms with Gasteiger partial charge in [0.25, 0.3) is 5.91 Å². The van der Waals surface area contributed by atoms with Crippen LogP contribution in [-0.4, -0.2) is 30.6 Å². The van der Waals surface area contributed by atoms with Gasteiger partial charge < -0.3 is 9.64 Å². The first-order valence-corrected chi connectivity index (χ1v) is 7.81. The lowest BCUT2D eigenvalue weighted by Gasteiger charge is -2.31. The molecule has 0 saturated heterocycles. The summed E-state index contributed by atoms with van der Waals surface area (Å²) in [6, 6.07) is 14.9. The molecule has 1 atom stereocenters. The minimum Gasteiger partial charge on any atom is -0.371 e. The Balaban J connectivity index is 1.72. The van der Waals surface area contributed by atoms with Crippen molar-refractivity contribution >= 4 is 5.91 Å². The van der Waals surface area contributed by atoms with Gasteiger partial charge in [-0.3, -0.25) is 4.79 Å². The summed E-state index contributed by atoms with van der Waals surface area (Å²) in [6.07, 6.45) is 0.588. The third kappa shape index (κ3) is 3.42. The van der Waals surface area contributed by atoms with Crippen molar-refractivity contribution < 1.29 is 13.9 Å². The topological polar surface area (TPSA) is 29.5 Å². The van der Waals surface area contributed by atoms with Crippen LogP contribution in [-0.2, 0) is 28.9 Å². The Kier molecular flexibility index (Phi) is 4.72. The van der Waals surface area contributed by atoms with Crippen LogP contribution < -0.4 is 0 Å². The molecular weight excluding hydrogens is 293 g/mol. The molecule has 4 heteroatoms. The number of amides is 1. The van der Waals surface area contributed by atoms with Crippen molar-refractivity contribution in [1.29, 1.82) is 0 Å². The molecule has 0 N–H and O–H groups in total. The molecule has 0 saturated carbocycles. The third-order valence-electron chi connectivity index (χ3n) is 4.34. The van der Waals surface area contributed by atoms with Gasteiger partial charge in [0.05, 0.1) is 0 Å². The average molecular weight is 313 g/mol. The highest BCUT2D eigenvalue weighted by Crippen LogP contribution is 2.22. The predicted molar refractivity (Wildman–Crippen MR) is 86.5 cm³/mol. The summed E-state index contributed by atoms with van der Waals surface area (Å²) in [7, 11) is 1.56. The molecule has 2 aromatic rings. The second-order valence-electron chi connectivity index (χ2n) is 5.80. The van der Waals surface area contributed by atoms with Gasteiger partial charge in [0, 0.05) is 26.6 Å². The molecule has 1 aliphatic heterocycles. The van der Waals surface area contributed by atoms with Crippen LogP contribution in [0.2, 0.25) is 0 Å². The van der Waals surface area contributed by atoms with Crippen molar-refractivity contribution in [2.45, 2.75) is 25.5 Å². The summed E-state index contributed by atoms with van der Waals surface area (Å²) in [5.74, 6) is -0.214. The quantitative estimate of drug-likeness (QED) is 0.868. The van der Waals surface area contributed by atoms with Crippen LogP contribution in [0.4, 0.5) is 4.39 Å². The van der Waals surface area contributed by atoms with Gasteiger partial charge in [0.15, 0.2) is 0 Å². The Morgan fingerprint density at radius 3 is 2.74 bits per heavy atom. The van der Waals surface area contributed by atoms with Crippen molar-refractivity contribution in [3.05, 3.63) is 71.0 Å². The maximum absolute atomic E-state index is 13.8. The zero-order valence-corrected chi connectivity index (χ0v) is 13.2. The number of fused-ring (bicyclic) bond motifs is 1. The molecule has 0 bridgehead atoms. The summed E-state index contributed by atoms with van der Waals surface area (Å²) in [5.41, 5.74) is 2.68. The lowest BCUT2D eigenvalue weighted by Crippen LogP contribution is -2.43. The number of nitrogens with zero attached hydrogens (tertiary/aromatic N) is 1. The largest absolute Gasteiger partial charge is 0.371 e. The molecular formula is C19H20FNO2. The smallest absolute Gasteiger partial charge is 0.252 e. The maximum atomic E-state index is 13.8. The Hall–Kier alpha value is -2.20. The second-order valence-corrected chi connectivity index (χ2v) is 5.80. The number of halogens is 1. The zero-order chi connectivity index (χ0) is 16.2. The molecule has 1 amide bonds. The predicted octanol–water partition coefficient (Wildman–Crippen LogP) is 2.97. The molecule has 23 heavy (non-hydrogen) atoms. The van der Waals surface area contributed by atoms with E-state index >= 15 is 0 Å². The number of methoxy groups -OCH3 is 1. The van der Waals surface area contributed by atoms with Crippen LogP contribution in [0.15, 0.2) is 48.5 Å².